The standard InChI is InChI=1S/C11H20N4O/c1-14-5-6-15(2)9(8-14)11(13-12)10-4-3-7-16-10/h3-4,7,9,11,13H,5-6,8,12H2,1-2H3. The van der Waals surface area contributed by atoms with Gasteiger partial charge in [0.15, 0.2) is 0 Å². The fourth-order valence-corrected chi connectivity index (χ4v) is 2.26. The highest BCUT2D eigenvalue weighted by atomic mass is 16.3. The number of hydrazine groups is 1. The number of nitrogens with two attached hydrogens (primary N) is 1. The maximum absolute atomic E-state index is 5.65. The van der Waals surface area contributed by atoms with E-state index in [0.29, 0.717) is 6.04 Å². The Hall–Kier alpha value is -0.880. The molecule has 1 aliphatic heterocycles. The SMILES string of the molecule is CN1CCN(C)C(C(NN)c2ccco2)C1. The molecule has 1 fully saturated rings. The molecule has 0 aliphatic carbocycles. The Morgan fingerprint density at radius 1 is 1.50 bits per heavy atom. The number of nitrogens with one attached hydrogen (secondary N) is 1. The van der Waals surface area contributed by atoms with Gasteiger partial charge < -0.3 is 9.32 Å². The summed E-state index contributed by atoms with van der Waals surface area (Å²) in [6.45, 7) is 3.15. The van der Waals surface area contributed by atoms with Crippen LogP contribution in [-0.4, -0.2) is 49.6 Å². The number of rotatable bonds is 3. The van der Waals surface area contributed by atoms with Crippen molar-refractivity contribution in [2.24, 2.45) is 5.84 Å². The number of piperazine rings is 1. The van der Waals surface area contributed by atoms with Crippen molar-refractivity contribution in [3.05, 3.63) is 24.2 Å². The number of hydrogen-bond donors (Lipinski definition) is 2. The predicted molar refractivity (Wildman–Crippen MR) is 62.7 cm³/mol. The first kappa shape index (κ1) is 11.6. The van der Waals surface area contributed by atoms with Crippen molar-refractivity contribution < 1.29 is 4.42 Å². The van der Waals surface area contributed by atoms with Gasteiger partial charge in [0.1, 0.15) is 5.76 Å². The zero-order valence-electron chi connectivity index (χ0n) is 9.89. The molecule has 2 atom stereocenters. The molecule has 16 heavy (non-hydrogen) atoms. The van der Waals surface area contributed by atoms with Crippen LogP contribution in [0, 0.1) is 0 Å². The van der Waals surface area contributed by atoms with Crippen molar-refractivity contribution in [1.29, 1.82) is 0 Å². The third-order valence-electron chi connectivity index (χ3n) is 3.31. The second-order valence-corrected chi connectivity index (χ2v) is 4.47. The van der Waals surface area contributed by atoms with E-state index in [9.17, 15) is 0 Å². The van der Waals surface area contributed by atoms with Crippen LogP contribution in [-0.2, 0) is 0 Å². The molecular formula is C11H20N4O. The van der Waals surface area contributed by atoms with E-state index < -0.39 is 0 Å². The minimum Gasteiger partial charge on any atom is -0.468 e. The average molecular weight is 224 g/mol. The highest BCUT2D eigenvalue weighted by Gasteiger charge is 2.31. The molecule has 0 amide bonds. The van der Waals surface area contributed by atoms with Crippen LogP contribution in [0.4, 0.5) is 0 Å². The van der Waals surface area contributed by atoms with E-state index in [1.807, 2.05) is 12.1 Å². The average Bonchev–Trinajstić information content (AvgIpc) is 2.78. The zero-order chi connectivity index (χ0) is 11.5. The van der Waals surface area contributed by atoms with Gasteiger partial charge in [-0.15, -0.1) is 0 Å². The number of nitrogens with zero attached hydrogens (tertiary/aromatic N) is 2. The summed E-state index contributed by atoms with van der Waals surface area (Å²) < 4.78 is 5.44. The summed E-state index contributed by atoms with van der Waals surface area (Å²) in [4.78, 5) is 4.64. The molecule has 2 rings (SSSR count). The minimum atomic E-state index is 0.0442. The molecule has 0 aromatic carbocycles. The highest BCUT2D eigenvalue weighted by Crippen LogP contribution is 2.22. The third kappa shape index (κ3) is 2.27. The zero-order valence-corrected chi connectivity index (χ0v) is 9.89. The molecule has 1 aromatic heterocycles. The molecule has 0 radical (unpaired) electrons. The van der Waals surface area contributed by atoms with Crippen molar-refractivity contribution in [2.75, 3.05) is 33.7 Å². The Morgan fingerprint density at radius 2 is 2.31 bits per heavy atom. The lowest BCUT2D eigenvalue weighted by Crippen LogP contribution is -2.55. The summed E-state index contributed by atoms with van der Waals surface area (Å²) in [5, 5.41) is 0. The van der Waals surface area contributed by atoms with Crippen molar-refractivity contribution in [3.8, 4) is 0 Å². The largest absolute Gasteiger partial charge is 0.468 e. The Morgan fingerprint density at radius 3 is 2.94 bits per heavy atom. The first-order chi connectivity index (χ1) is 7.72. The minimum absolute atomic E-state index is 0.0442. The molecule has 3 N–H and O–H groups in total. The molecule has 1 aromatic rings. The van der Waals surface area contributed by atoms with Gasteiger partial charge in [-0.25, -0.2) is 5.43 Å². The smallest absolute Gasteiger partial charge is 0.123 e. The fourth-order valence-electron chi connectivity index (χ4n) is 2.26. The van der Waals surface area contributed by atoms with Crippen LogP contribution in [0.5, 0.6) is 0 Å². The van der Waals surface area contributed by atoms with Crippen molar-refractivity contribution in [2.45, 2.75) is 12.1 Å². The molecule has 2 unspecified atom stereocenters. The summed E-state index contributed by atoms with van der Waals surface area (Å²) in [5.41, 5.74) is 2.86. The molecule has 1 saturated heterocycles. The highest BCUT2D eigenvalue weighted by molar-refractivity contribution is 5.08. The molecule has 0 saturated carbocycles. The third-order valence-corrected chi connectivity index (χ3v) is 3.31. The van der Waals surface area contributed by atoms with E-state index in [1.165, 1.54) is 0 Å². The van der Waals surface area contributed by atoms with Crippen LogP contribution in [0.1, 0.15) is 11.8 Å². The Balaban J connectivity index is 2.13. The van der Waals surface area contributed by atoms with Gasteiger partial charge >= 0.3 is 0 Å². The van der Waals surface area contributed by atoms with E-state index in [0.717, 1.165) is 25.4 Å². The second kappa shape index (κ2) is 4.97. The van der Waals surface area contributed by atoms with Gasteiger partial charge in [-0.1, -0.05) is 0 Å². The molecule has 90 valence electrons. The topological polar surface area (TPSA) is 57.7 Å². The molecule has 5 heteroatoms. The van der Waals surface area contributed by atoms with Crippen molar-refractivity contribution >= 4 is 0 Å². The summed E-state index contributed by atoms with van der Waals surface area (Å²) in [5.74, 6) is 6.55. The first-order valence-corrected chi connectivity index (χ1v) is 5.60. The monoisotopic (exact) mass is 224 g/mol. The Kier molecular flexibility index (Phi) is 3.60. The predicted octanol–water partition coefficient (Wildman–Crippen LogP) is 0.0298. The van der Waals surface area contributed by atoms with Crippen LogP contribution in [0.3, 0.4) is 0 Å². The number of furan rings is 1. The summed E-state index contributed by atoms with van der Waals surface area (Å²) in [7, 11) is 4.26. The van der Waals surface area contributed by atoms with Crippen molar-refractivity contribution in [3.63, 3.8) is 0 Å². The van der Waals surface area contributed by atoms with Crippen LogP contribution in [0.15, 0.2) is 22.8 Å². The molecule has 2 heterocycles. The van der Waals surface area contributed by atoms with Gasteiger partial charge in [0.05, 0.1) is 12.3 Å². The maximum atomic E-state index is 5.65. The summed E-state index contributed by atoms with van der Waals surface area (Å²) in [6.07, 6.45) is 1.69. The quantitative estimate of drug-likeness (QED) is 0.560. The molecule has 1 aliphatic rings. The van der Waals surface area contributed by atoms with Crippen molar-refractivity contribution in [1.82, 2.24) is 15.2 Å². The molecule has 0 bridgehead atoms. The normalized spacial score (nSPS) is 25.8. The lowest BCUT2D eigenvalue weighted by Gasteiger charge is -2.40. The molecule has 0 spiro atoms. The van der Waals surface area contributed by atoms with E-state index in [2.05, 4.69) is 29.3 Å². The van der Waals surface area contributed by atoms with Crippen LogP contribution >= 0.6 is 0 Å². The molecule has 5 nitrogen and oxygen atoms in total. The summed E-state index contributed by atoms with van der Waals surface area (Å²) >= 11 is 0. The van der Waals surface area contributed by atoms with E-state index >= 15 is 0 Å². The van der Waals surface area contributed by atoms with E-state index in [4.69, 9.17) is 10.3 Å². The fraction of sp³-hybridized carbons (Fsp3) is 0.636. The first-order valence-electron chi connectivity index (χ1n) is 5.60. The van der Waals surface area contributed by atoms with Gasteiger partial charge in [-0.3, -0.25) is 10.7 Å². The Labute approximate surface area is 96.2 Å². The molecular weight excluding hydrogens is 204 g/mol. The van der Waals surface area contributed by atoms with Crippen LogP contribution < -0.4 is 11.3 Å². The van der Waals surface area contributed by atoms with E-state index in [-0.39, 0.29) is 6.04 Å². The van der Waals surface area contributed by atoms with Gasteiger partial charge in [-0.2, -0.15) is 0 Å². The second-order valence-electron chi connectivity index (χ2n) is 4.47. The van der Waals surface area contributed by atoms with Gasteiger partial charge in [0.2, 0.25) is 0 Å². The van der Waals surface area contributed by atoms with E-state index in [1.54, 1.807) is 6.26 Å². The van der Waals surface area contributed by atoms with Crippen LogP contribution in [0.2, 0.25) is 0 Å². The van der Waals surface area contributed by atoms with Crippen LogP contribution in [0.25, 0.3) is 0 Å². The van der Waals surface area contributed by atoms with Gasteiger partial charge in [0.25, 0.3) is 0 Å². The summed E-state index contributed by atoms with van der Waals surface area (Å²) in [6, 6.07) is 4.25. The Bertz CT molecular complexity index is 314. The lowest BCUT2D eigenvalue weighted by atomic mass is 10.0. The number of hydrogen-bond acceptors (Lipinski definition) is 5. The van der Waals surface area contributed by atoms with Gasteiger partial charge in [0, 0.05) is 25.7 Å². The number of likely N-dealkylation sites (N-methyl/N-ethyl adjacent to an activating group) is 2. The maximum Gasteiger partial charge on any atom is 0.123 e. The lowest BCUT2D eigenvalue weighted by molar-refractivity contribution is 0.0815. The van der Waals surface area contributed by atoms with Gasteiger partial charge in [-0.05, 0) is 26.2 Å².